The number of esters is 1. The van der Waals surface area contributed by atoms with Gasteiger partial charge in [0.25, 0.3) is 0 Å². The number of pyridine rings is 1. The van der Waals surface area contributed by atoms with Gasteiger partial charge in [0.15, 0.2) is 0 Å². The molecule has 0 bridgehead atoms. The van der Waals surface area contributed by atoms with E-state index in [2.05, 4.69) is 15.0 Å². The first-order chi connectivity index (χ1) is 8.49. The fourth-order valence-corrected chi connectivity index (χ4v) is 1.22. The van der Waals surface area contributed by atoms with Crippen LogP contribution in [0.15, 0.2) is 12.1 Å². The highest BCUT2D eigenvalue weighted by molar-refractivity contribution is 5.78. The number of rotatable bonds is 4. The minimum absolute atomic E-state index is 0.190. The summed E-state index contributed by atoms with van der Waals surface area (Å²) in [5, 5.41) is 22.0. The summed E-state index contributed by atoms with van der Waals surface area (Å²) in [5.74, 6) is -0.316. The first-order valence-electron chi connectivity index (χ1n) is 4.89. The van der Waals surface area contributed by atoms with Gasteiger partial charge in [0, 0.05) is 6.07 Å². The predicted octanol–water partition coefficient (Wildman–Crippen LogP) is 0.835. The van der Waals surface area contributed by atoms with E-state index < -0.39 is 16.9 Å². The van der Waals surface area contributed by atoms with Gasteiger partial charge in [-0.25, -0.2) is 9.78 Å². The highest BCUT2D eigenvalue weighted by atomic mass is 16.6. The molecule has 0 aliphatic rings. The molecule has 0 amide bonds. The Morgan fingerprint density at radius 3 is 2.83 bits per heavy atom. The third-order valence-electron chi connectivity index (χ3n) is 2.10. The Balaban J connectivity index is 2.97. The molecule has 94 valence electrons. The molecular formula is C10H10N4O4. The number of nitriles is 1. The second-order valence-corrected chi connectivity index (χ2v) is 3.32. The first kappa shape index (κ1) is 13.4. The smallest absolute Gasteiger partial charge is 0.328 e. The first-order valence-corrected chi connectivity index (χ1v) is 4.89. The molecule has 0 aliphatic heterocycles. The van der Waals surface area contributed by atoms with E-state index in [9.17, 15) is 14.9 Å². The van der Waals surface area contributed by atoms with Gasteiger partial charge in [-0.15, -0.1) is 0 Å². The lowest BCUT2D eigenvalue weighted by Gasteiger charge is -2.11. The molecule has 0 radical (unpaired) electrons. The fourth-order valence-electron chi connectivity index (χ4n) is 1.22. The lowest BCUT2D eigenvalue weighted by Crippen LogP contribution is -2.27. The van der Waals surface area contributed by atoms with E-state index in [1.54, 1.807) is 13.0 Å². The standard InChI is InChI=1S/C10H10N4O4/c1-6(10(15)18-2)12-9-4-3-8(14(16)17)7(5-11)13-9/h3-4,6H,1-2H3,(H,12,13). The Hall–Kier alpha value is -2.69. The Morgan fingerprint density at radius 2 is 2.33 bits per heavy atom. The van der Waals surface area contributed by atoms with E-state index in [0.717, 1.165) is 6.07 Å². The third-order valence-corrected chi connectivity index (χ3v) is 2.10. The van der Waals surface area contributed by atoms with Gasteiger partial charge < -0.3 is 10.1 Å². The molecule has 0 fully saturated rings. The number of hydrogen-bond acceptors (Lipinski definition) is 7. The molecule has 1 aromatic heterocycles. The van der Waals surface area contributed by atoms with E-state index in [1.165, 1.54) is 13.2 Å². The van der Waals surface area contributed by atoms with Crippen LogP contribution in [0.1, 0.15) is 12.6 Å². The summed E-state index contributed by atoms with van der Waals surface area (Å²) < 4.78 is 4.50. The van der Waals surface area contributed by atoms with E-state index in [1.807, 2.05) is 0 Å². The molecule has 1 unspecified atom stereocenters. The molecule has 8 nitrogen and oxygen atoms in total. The number of nitrogens with one attached hydrogen (secondary N) is 1. The van der Waals surface area contributed by atoms with Gasteiger partial charge in [-0.05, 0) is 13.0 Å². The number of carbonyl (C=O) groups is 1. The van der Waals surface area contributed by atoms with Crippen LogP contribution < -0.4 is 5.32 Å². The fraction of sp³-hybridized carbons (Fsp3) is 0.300. The molecule has 0 aliphatic carbocycles. The molecule has 0 saturated heterocycles. The van der Waals surface area contributed by atoms with Crippen LogP contribution in [0.3, 0.4) is 0 Å². The maximum atomic E-state index is 11.2. The molecule has 18 heavy (non-hydrogen) atoms. The predicted molar refractivity (Wildman–Crippen MR) is 60.7 cm³/mol. The van der Waals surface area contributed by atoms with Crippen molar-refractivity contribution in [2.45, 2.75) is 13.0 Å². The van der Waals surface area contributed by atoms with Crippen LogP contribution in [-0.2, 0) is 9.53 Å². The Morgan fingerprint density at radius 1 is 1.67 bits per heavy atom. The average Bonchev–Trinajstić information content (AvgIpc) is 2.37. The van der Waals surface area contributed by atoms with Crippen molar-refractivity contribution in [3.8, 4) is 6.07 Å². The summed E-state index contributed by atoms with van der Waals surface area (Å²) >= 11 is 0. The highest BCUT2D eigenvalue weighted by Gasteiger charge is 2.18. The van der Waals surface area contributed by atoms with E-state index in [0.29, 0.717) is 0 Å². The number of nitrogens with zero attached hydrogens (tertiary/aromatic N) is 3. The van der Waals surface area contributed by atoms with Gasteiger partial charge in [-0.2, -0.15) is 5.26 Å². The van der Waals surface area contributed by atoms with Crippen LogP contribution >= 0.6 is 0 Å². The van der Waals surface area contributed by atoms with Gasteiger partial charge in [0.1, 0.15) is 17.9 Å². The second-order valence-electron chi connectivity index (χ2n) is 3.32. The Kier molecular flexibility index (Phi) is 4.15. The van der Waals surface area contributed by atoms with Crippen molar-refractivity contribution in [3.05, 3.63) is 27.9 Å². The molecule has 1 aromatic rings. The Bertz CT molecular complexity index is 523. The summed E-state index contributed by atoms with van der Waals surface area (Å²) in [7, 11) is 1.24. The summed E-state index contributed by atoms with van der Waals surface area (Å²) in [6, 6.07) is 3.42. The summed E-state index contributed by atoms with van der Waals surface area (Å²) in [4.78, 5) is 24.8. The second kappa shape index (κ2) is 5.58. The van der Waals surface area contributed by atoms with Crippen molar-refractivity contribution < 1.29 is 14.5 Å². The lowest BCUT2D eigenvalue weighted by atomic mass is 10.3. The van der Waals surface area contributed by atoms with Crippen molar-refractivity contribution in [1.82, 2.24) is 4.98 Å². The van der Waals surface area contributed by atoms with Crippen LogP contribution in [0.2, 0.25) is 0 Å². The van der Waals surface area contributed by atoms with Crippen molar-refractivity contribution in [1.29, 1.82) is 5.26 Å². The zero-order valence-corrected chi connectivity index (χ0v) is 9.71. The SMILES string of the molecule is COC(=O)C(C)Nc1ccc([N+](=O)[O-])c(C#N)n1. The topological polar surface area (TPSA) is 118 Å². The van der Waals surface area contributed by atoms with Gasteiger partial charge >= 0.3 is 11.7 Å². The van der Waals surface area contributed by atoms with Crippen molar-refractivity contribution in [2.24, 2.45) is 0 Å². The minimum atomic E-state index is -0.695. The minimum Gasteiger partial charge on any atom is -0.467 e. The zero-order chi connectivity index (χ0) is 13.7. The van der Waals surface area contributed by atoms with Crippen molar-refractivity contribution in [3.63, 3.8) is 0 Å². The number of aromatic nitrogens is 1. The quantitative estimate of drug-likeness (QED) is 0.477. The molecule has 0 saturated carbocycles. The van der Waals surface area contributed by atoms with Crippen LogP contribution in [0.5, 0.6) is 0 Å². The van der Waals surface area contributed by atoms with Crippen LogP contribution in [0.4, 0.5) is 11.5 Å². The average molecular weight is 250 g/mol. The molecule has 1 rings (SSSR count). The van der Waals surface area contributed by atoms with E-state index in [4.69, 9.17) is 5.26 Å². The van der Waals surface area contributed by atoms with Crippen molar-refractivity contribution in [2.75, 3.05) is 12.4 Å². The largest absolute Gasteiger partial charge is 0.467 e. The monoisotopic (exact) mass is 250 g/mol. The molecule has 0 spiro atoms. The normalized spacial score (nSPS) is 11.2. The molecule has 8 heteroatoms. The van der Waals surface area contributed by atoms with E-state index in [-0.39, 0.29) is 17.2 Å². The maximum absolute atomic E-state index is 11.2. The van der Waals surface area contributed by atoms with Gasteiger partial charge in [0.2, 0.25) is 5.69 Å². The van der Waals surface area contributed by atoms with E-state index >= 15 is 0 Å². The third kappa shape index (κ3) is 2.91. The van der Waals surface area contributed by atoms with Gasteiger partial charge in [-0.3, -0.25) is 10.1 Å². The maximum Gasteiger partial charge on any atom is 0.328 e. The number of nitro groups is 1. The summed E-state index contributed by atoms with van der Waals surface area (Å²) in [6.07, 6.45) is 0. The van der Waals surface area contributed by atoms with Crippen LogP contribution in [-0.4, -0.2) is 29.0 Å². The van der Waals surface area contributed by atoms with Crippen LogP contribution in [0, 0.1) is 21.4 Å². The molecule has 0 aromatic carbocycles. The number of hydrogen-bond donors (Lipinski definition) is 1. The summed E-state index contributed by atoms with van der Waals surface area (Å²) in [5.41, 5.74) is -0.698. The van der Waals surface area contributed by atoms with Crippen molar-refractivity contribution >= 4 is 17.5 Å². The number of ether oxygens (including phenoxy) is 1. The molecule has 1 N–H and O–H groups in total. The molecular weight excluding hydrogens is 240 g/mol. The van der Waals surface area contributed by atoms with Gasteiger partial charge in [0.05, 0.1) is 12.0 Å². The highest BCUT2D eigenvalue weighted by Crippen LogP contribution is 2.18. The zero-order valence-electron chi connectivity index (χ0n) is 9.71. The molecule has 1 heterocycles. The number of anilines is 1. The van der Waals surface area contributed by atoms with Crippen LogP contribution in [0.25, 0.3) is 0 Å². The number of methoxy groups -OCH3 is 1. The summed E-state index contributed by atoms with van der Waals surface area (Å²) in [6.45, 7) is 1.54. The number of carbonyl (C=O) groups excluding carboxylic acids is 1. The molecule has 1 atom stereocenters. The lowest BCUT2D eigenvalue weighted by molar-refractivity contribution is -0.385. The Labute approximate surface area is 102 Å². The van der Waals surface area contributed by atoms with Gasteiger partial charge in [-0.1, -0.05) is 0 Å².